The van der Waals surface area contributed by atoms with E-state index in [1.807, 2.05) is 13.8 Å². The van der Waals surface area contributed by atoms with Gasteiger partial charge in [-0.05, 0) is 38.1 Å². The summed E-state index contributed by atoms with van der Waals surface area (Å²) in [6, 6.07) is 7.26. The van der Waals surface area contributed by atoms with E-state index in [1.165, 1.54) is 0 Å². The Labute approximate surface area is 159 Å². The van der Waals surface area contributed by atoms with Gasteiger partial charge in [-0.2, -0.15) is 0 Å². The zero-order valence-corrected chi connectivity index (χ0v) is 15.9. The summed E-state index contributed by atoms with van der Waals surface area (Å²) >= 11 is 5.78. The van der Waals surface area contributed by atoms with E-state index in [2.05, 4.69) is 16.1 Å². The lowest BCUT2D eigenvalue weighted by Gasteiger charge is -2.14. The van der Waals surface area contributed by atoms with E-state index >= 15 is 0 Å². The Kier molecular flexibility index (Phi) is 14.5. The van der Waals surface area contributed by atoms with Gasteiger partial charge in [0, 0.05) is 17.5 Å². The summed E-state index contributed by atoms with van der Waals surface area (Å²) in [7, 11) is 0. The highest BCUT2D eigenvalue weighted by Gasteiger charge is 2.01. The molecule has 1 aromatic rings. The van der Waals surface area contributed by atoms with E-state index in [-0.39, 0.29) is 42.8 Å². The van der Waals surface area contributed by atoms with E-state index in [0.29, 0.717) is 24.7 Å². The minimum Gasteiger partial charge on any atom is -0.494 e. The van der Waals surface area contributed by atoms with Crippen molar-refractivity contribution in [2.45, 2.75) is 26.3 Å². The highest BCUT2D eigenvalue weighted by Crippen LogP contribution is 2.15. The first kappa shape index (κ1) is 24.8. The average Bonchev–Trinajstić information content (AvgIpc) is 2.43. The molecule has 0 unspecified atom stereocenters. The predicted octanol–water partition coefficient (Wildman–Crippen LogP) is 2.93. The minimum atomic E-state index is -0.100. The first-order chi connectivity index (χ1) is 10.5. The standard InChI is InChI=1S/C14H22ClN5O2.2ClH/c1-10(2)18-13(16)19-14(17)20-22-9-3-8-21-12-6-4-11(15)5-7-12;;/h4-7,10H,3,8-9H2,1-2H3,(H5,16,17,18,19,20);2*1H. The summed E-state index contributed by atoms with van der Waals surface area (Å²) in [6.45, 7) is 4.69. The number of guanidine groups is 2. The summed E-state index contributed by atoms with van der Waals surface area (Å²) in [5.74, 6) is 0.693. The van der Waals surface area contributed by atoms with Crippen LogP contribution in [0.3, 0.4) is 0 Å². The molecule has 1 aromatic carbocycles. The quantitative estimate of drug-likeness (QED) is 0.210. The number of hydroxylamine groups is 1. The van der Waals surface area contributed by atoms with Crippen molar-refractivity contribution < 1.29 is 9.57 Å². The number of hydrogen-bond acceptors (Lipinski definition) is 4. The second kappa shape index (κ2) is 14.0. The first-order valence-electron chi connectivity index (χ1n) is 6.94. The smallest absolute Gasteiger partial charge is 0.219 e. The predicted molar refractivity (Wildman–Crippen MR) is 102 cm³/mol. The van der Waals surface area contributed by atoms with E-state index in [0.717, 1.165) is 5.75 Å². The van der Waals surface area contributed by atoms with Crippen LogP contribution in [0.2, 0.25) is 5.02 Å². The summed E-state index contributed by atoms with van der Waals surface area (Å²) in [5, 5.41) is 21.0. The lowest BCUT2D eigenvalue weighted by Crippen LogP contribution is -2.47. The molecule has 7 nitrogen and oxygen atoms in total. The maximum atomic E-state index is 7.53. The van der Waals surface area contributed by atoms with Gasteiger partial charge in [0.15, 0.2) is 5.96 Å². The first-order valence-corrected chi connectivity index (χ1v) is 7.32. The molecule has 1 rings (SSSR count). The van der Waals surface area contributed by atoms with Gasteiger partial charge in [-0.1, -0.05) is 11.6 Å². The maximum absolute atomic E-state index is 7.53. The van der Waals surface area contributed by atoms with Crippen LogP contribution in [0.1, 0.15) is 20.3 Å². The molecule has 0 aliphatic rings. The van der Waals surface area contributed by atoms with Crippen LogP contribution >= 0.6 is 36.4 Å². The Morgan fingerprint density at radius 3 is 2.29 bits per heavy atom. The summed E-state index contributed by atoms with van der Waals surface area (Å²) in [4.78, 5) is 5.10. The molecule has 0 aliphatic heterocycles. The molecule has 0 heterocycles. The topological polar surface area (TPSA) is 102 Å². The molecular weight excluding hydrogens is 377 g/mol. The Bertz CT molecular complexity index is 486. The zero-order chi connectivity index (χ0) is 16.4. The molecule has 138 valence electrons. The highest BCUT2D eigenvalue weighted by atomic mass is 35.5. The van der Waals surface area contributed by atoms with Gasteiger partial charge in [0.1, 0.15) is 5.75 Å². The summed E-state index contributed by atoms with van der Waals surface area (Å²) in [6.07, 6.45) is 0.657. The van der Waals surface area contributed by atoms with Crippen LogP contribution in [0, 0.1) is 10.8 Å². The van der Waals surface area contributed by atoms with Gasteiger partial charge in [-0.15, -0.1) is 24.8 Å². The number of rotatable bonds is 7. The Morgan fingerprint density at radius 1 is 1.08 bits per heavy atom. The normalized spacial score (nSPS) is 9.33. The van der Waals surface area contributed by atoms with Crippen LogP contribution in [0.5, 0.6) is 5.75 Å². The van der Waals surface area contributed by atoms with Crippen molar-refractivity contribution >= 4 is 48.3 Å². The van der Waals surface area contributed by atoms with Gasteiger partial charge in [0.2, 0.25) is 5.96 Å². The number of ether oxygens (including phenoxy) is 1. The van der Waals surface area contributed by atoms with Crippen molar-refractivity contribution in [3.63, 3.8) is 0 Å². The van der Waals surface area contributed by atoms with Crippen LogP contribution < -0.4 is 20.9 Å². The third kappa shape index (κ3) is 12.1. The minimum absolute atomic E-state index is 0. The molecule has 0 atom stereocenters. The van der Waals surface area contributed by atoms with Gasteiger partial charge in [0.25, 0.3) is 0 Å². The third-order valence-corrected chi connectivity index (χ3v) is 2.58. The maximum Gasteiger partial charge on any atom is 0.219 e. The van der Waals surface area contributed by atoms with Crippen molar-refractivity contribution in [1.29, 1.82) is 10.8 Å². The lowest BCUT2D eigenvalue weighted by atomic mass is 10.3. The fraction of sp³-hybridized carbons (Fsp3) is 0.429. The molecule has 10 heteroatoms. The van der Waals surface area contributed by atoms with Crippen molar-refractivity contribution in [2.24, 2.45) is 0 Å². The molecule has 0 saturated heterocycles. The van der Waals surface area contributed by atoms with Gasteiger partial charge < -0.3 is 10.1 Å². The fourth-order valence-electron chi connectivity index (χ4n) is 1.45. The molecular formula is C14H24Cl3N5O2. The number of benzene rings is 1. The van der Waals surface area contributed by atoms with Crippen LogP contribution in [0.15, 0.2) is 24.3 Å². The van der Waals surface area contributed by atoms with E-state index in [9.17, 15) is 0 Å². The van der Waals surface area contributed by atoms with E-state index in [4.69, 9.17) is 32.0 Å². The van der Waals surface area contributed by atoms with E-state index < -0.39 is 0 Å². The zero-order valence-electron chi connectivity index (χ0n) is 13.5. The van der Waals surface area contributed by atoms with Gasteiger partial charge in [-0.3, -0.25) is 21.0 Å². The molecule has 0 spiro atoms. The Hall–Kier alpha value is -1.41. The van der Waals surface area contributed by atoms with Crippen LogP contribution in [0.4, 0.5) is 0 Å². The van der Waals surface area contributed by atoms with Crippen molar-refractivity contribution in [3.05, 3.63) is 29.3 Å². The fourth-order valence-corrected chi connectivity index (χ4v) is 1.58. The summed E-state index contributed by atoms with van der Waals surface area (Å²) < 4.78 is 5.50. The van der Waals surface area contributed by atoms with Crippen LogP contribution in [-0.2, 0) is 4.84 Å². The number of nitrogens with one attached hydrogen (secondary N) is 5. The SMILES string of the molecule is CC(C)NC(=N)NC(=N)NOCCCOc1ccc(Cl)cc1.Cl.Cl. The molecule has 0 amide bonds. The van der Waals surface area contributed by atoms with Gasteiger partial charge in [0.05, 0.1) is 13.2 Å². The highest BCUT2D eigenvalue weighted by molar-refractivity contribution is 6.30. The van der Waals surface area contributed by atoms with Gasteiger partial charge in [-0.25, -0.2) is 5.48 Å². The van der Waals surface area contributed by atoms with Crippen molar-refractivity contribution in [2.75, 3.05) is 13.2 Å². The second-order valence-electron chi connectivity index (χ2n) is 4.78. The molecule has 0 bridgehead atoms. The molecule has 0 aliphatic carbocycles. The molecule has 0 fully saturated rings. The monoisotopic (exact) mass is 399 g/mol. The second-order valence-corrected chi connectivity index (χ2v) is 5.22. The van der Waals surface area contributed by atoms with Crippen molar-refractivity contribution in [3.8, 4) is 5.75 Å². The molecule has 5 N–H and O–H groups in total. The third-order valence-electron chi connectivity index (χ3n) is 2.33. The molecule has 0 radical (unpaired) electrons. The van der Waals surface area contributed by atoms with E-state index in [1.54, 1.807) is 24.3 Å². The van der Waals surface area contributed by atoms with Gasteiger partial charge >= 0.3 is 0 Å². The number of halogens is 3. The average molecular weight is 401 g/mol. The molecule has 0 aromatic heterocycles. The van der Waals surface area contributed by atoms with Crippen LogP contribution in [-0.4, -0.2) is 31.2 Å². The van der Waals surface area contributed by atoms with Crippen LogP contribution in [0.25, 0.3) is 0 Å². The summed E-state index contributed by atoms with van der Waals surface area (Å²) in [5.41, 5.74) is 2.41. The largest absolute Gasteiger partial charge is 0.494 e. The Morgan fingerprint density at radius 2 is 1.71 bits per heavy atom. The molecule has 24 heavy (non-hydrogen) atoms. The van der Waals surface area contributed by atoms with Crippen molar-refractivity contribution in [1.82, 2.24) is 16.1 Å². The molecule has 0 saturated carbocycles. The Balaban J connectivity index is 0. The lowest BCUT2D eigenvalue weighted by molar-refractivity contribution is 0.0725. The number of hydrogen-bond donors (Lipinski definition) is 5.